The monoisotopic (exact) mass is 541 g/mol. The van der Waals surface area contributed by atoms with E-state index in [1.165, 1.54) is 21.8 Å². The summed E-state index contributed by atoms with van der Waals surface area (Å²) in [5, 5.41) is 9.68. The summed E-state index contributed by atoms with van der Waals surface area (Å²) in [5.74, 6) is -2.36. The number of anilines is 1. The molecular weight excluding hydrogens is 515 g/mol. The van der Waals surface area contributed by atoms with Gasteiger partial charge in [-0.05, 0) is 31.5 Å². The van der Waals surface area contributed by atoms with Gasteiger partial charge in [0.25, 0.3) is 0 Å². The lowest BCUT2D eigenvalue weighted by Gasteiger charge is -2.37. The Bertz CT molecular complexity index is 1450. The highest BCUT2D eigenvalue weighted by molar-refractivity contribution is 5.79. The summed E-state index contributed by atoms with van der Waals surface area (Å²) in [6.07, 6.45) is 2.97. The number of rotatable bonds is 5. The maximum absolute atomic E-state index is 14.8. The molecule has 2 N–H and O–H groups in total. The zero-order valence-corrected chi connectivity index (χ0v) is 21.3. The summed E-state index contributed by atoms with van der Waals surface area (Å²) in [7, 11) is 0. The summed E-state index contributed by atoms with van der Waals surface area (Å²) in [6, 6.07) is 2.19. The maximum Gasteiger partial charge on any atom is 0.341 e. The number of amides is 3. The fourth-order valence-electron chi connectivity index (χ4n) is 4.91. The fourth-order valence-corrected chi connectivity index (χ4v) is 4.91. The van der Waals surface area contributed by atoms with E-state index >= 15 is 0 Å². The number of primary amides is 1. The molecule has 14 heteroatoms. The van der Waals surface area contributed by atoms with Crippen LogP contribution < -0.4 is 10.6 Å². The molecule has 204 valence electrons. The van der Waals surface area contributed by atoms with Crippen LogP contribution in [0.2, 0.25) is 0 Å². The van der Waals surface area contributed by atoms with Crippen LogP contribution in [-0.2, 0) is 11.3 Å². The summed E-state index contributed by atoms with van der Waals surface area (Å²) < 4.78 is 43.8. The summed E-state index contributed by atoms with van der Waals surface area (Å²) >= 11 is 0. The number of hydrazone groups is 1. The van der Waals surface area contributed by atoms with Gasteiger partial charge < -0.3 is 15.5 Å². The molecule has 4 heterocycles. The van der Waals surface area contributed by atoms with Gasteiger partial charge >= 0.3 is 6.03 Å². The SMILES string of the molecule is Cc1nn(CC(N)=O)c(C)c1-c1nc(N2CCN(C(=O)N3N=CC[C@H]3c3cc(F)cc(F)c3)CC2)ncc1F. The second-order valence-electron chi connectivity index (χ2n) is 9.39. The Balaban J connectivity index is 1.30. The van der Waals surface area contributed by atoms with Crippen molar-refractivity contribution in [3.05, 3.63) is 58.8 Å². The predicted octanol–water partition coefficient (Wildman–Crippen LogP) is 2.53. The molecule has 1 fully saturated rings. The van der Waals surface area contributed by atoms with Crippen LogP contribution in [0.5, 0.6) is 0 Å². The average Bonchev–Trinajstić information content (AvgIpc) is 3.48. The fraction of sp³-hybridized carbons (Fsp3) is 0.360. The number of carbonyl (C=O) groups excluding carboxylic acids is 2. The molecule has 0 saturated carbocycles. The predicted molar refractivity (Wildman–Crippen MR) is 135 cm³/mol. The average molecular weight is 542 g/mol. The Morgan fingerprint density at radius 1 is 1.05 bits per heavy atom. The number of piperazine rings is 1. The molecule has 1 atom stereocenters. The third kappa shape index (κ3) is 5.13. The molecule has 2 aliphatic rings. The van der Waals surface area contributed by atoms with Crippen LogP contribution in [0.3, 0.4) is 0 Å². The topological polar surface area (TPSA) is 126 Å². The van der Waals surface area contributed by atoms with Crippen molar-refractivity contribution in [1.29, 1.82) is 0 Å². The molecule has 0 aliphatic carbocycles. The number of halogens is 3. The molecule has 3 aromatic rings. The number of nitrogens with two attached hydrogens (primary N) is 1. The van der Waals surface area contributed by atoms with E-state index in [1.807, 2.05) is 4.90 Å². The third-order valence-corrected chi connectivity index (χ3v) is 6.78. The third-order valence-electron chi connectivity index (χ3n) is 6.78. The number of benzene rings is 1. The number of urea groups is 1. The van der Waals surface area contributed by atoms with Gasteiger partial charge in [-0.1, -0.05) is 0 Å². The van der Waals surface area contributed by atoms with E-state index in [4.69, 9.17) is 5.73 Å². The normalized spacial score (nSPS) is 17.3. The van der Waals surface area contributed by atoms with Crippen LogP contribution in [-0.4, -0.2) is 74.0 Å². The second kappa shape index (κ2) is 10.3. The van der Waals surface area contributed by atoms with Gasteiger partial charge in [-0.3, -0.25) is 9.48 Å². The number of hydrogen-bond donors (Lipinski definition) is 1. The van der Waals surface area contributed by atoms with Crippen molar-refractivity contribution in [3.63, 3.8) is 0 Å². The zero-order valence-electron chi connectivity index (χ0n) is 21.3. The molecule has 1 aromatic carbocycles. The summed E-state index contributed by atoms with van der Waals surface area (Å²) in [6.45, 7) is 4.60. The van der Waals surface area contributed by atoms with Crippen LogP contribution in [0.15, 0.2) is 29.5 Å². The Kier molecular flexibility index (Phi) is 6.93. The largest absolute Gasteiger partial charge is 0.368 e. The Morgan fingerprint density at radius 2 is 1.74 bits per heavy atom. The van der Waals surface area contributed by atoms with Crippen molar-refractivity contribution in [2.45, 2.75) is 32.9 Å². The lowest BCUT2D eigenvalue weighted by molar-refractivity contribution is -0.118. The van der Waals surface area contributed by atoms with Crippen LogP contribution in [0, 0.1) is 31.3 Å². The molecule has 0 unspecified atom stereocenters. The van der Waals surface area contributed by atoms with Gasteiger partial charge in [-0.25, -0.2) is 32.9 Å². The zero-order chi connectivity index (χ0) is 27.8. The maximum atomic E-state index is 14.8. The minimum atomic E-state index is -0.720. The van der Waals surface area contributed by atoms with Crippen LogP contribution in [0.4, 0.5) is 23.9 Å². The molecule has 0 radical (unpaired) electrons. The molecule has 5 rings (SSSR count). The minimum absolute atomic E-state index is 0.0563. The van der Waals surface area contributed by atoms with Crippen molar-refractivity contribution in [3.8, 4) is 11.3 Å². The van der Waals surface area contributed by atoms with E-state index in [1.54, 1.807) is 25.0 Å². The number of carbonyl (C=O) groups is 2. The Labute approximate surface area is 221 Å². The summed E-state index contributed by atoms with van der Waals surface area (Å²) in [4.78, 5) is 36.6. The van der Waals surface area contributed by atoms with Gasteiger partial charge in [-0.2, -0.15) is 10.2 Å². The van der Waals surface area contributed by atoms with Crippen molar-refractivity contribution >= 4 is 24.1 Å². The molecule has 11 nitrogen and oxygen atoms in total. The van der Waals surface area contributed by atoms with Gasteiger partial charge in [0, 0.05) is 56.1 Å². The van der Waals surface area contributed by atoms with Crippen molar-refractivity contribution < 1.29 is 22.8 Å². The molecule has 1 saturated heterocycles. The first-order valence-electron chi connectivity index (χ1n) is 12.3. The molecule has 0 spiro atoms. The first kappa shape index (κ1) is 26.1. The molecule has 2 aromatic heterocycles. The second-order valence-corrected chi connectivity index (χ2v) is 9.39. The highest BCUT2D eigenvalue weighted by Gasteiger charge is 2.34. The molecule has 0 bridgehead atoms. The first-order chi connectivity index (χ1) is 18.6. The van der Waals surface area contributed by atoms with Gasteiger partial charge in [0.1, 0.15) is 23.9 Å². The highest BCUT2D eigenvalue weighted by Crippen LogP contribution is 2.31. The molecular formula is C25H26F3N9O2. The van der Waals surface area contributed by atoms with Gasteiger partial charge in [0.05, 0.1) is 17.9 Å². The van der Waals surface area contributed by atoms with E-state index in [9.17, 15) is 22.8 Å². The highest BCUT2D eigenvalue weighted by atomic mass is 19.1. The van der Waals surface area contributed by atoms with E-state index < -0.39 is 29.4 Å². The number of nitrogens with zero attached hydrogens (tertiary/aromatic N) is 8. The molecule has 39 heavy (non-hydrogen) atoms. The standard InChI is InChI=1S/C25H26F3N9O2/c1-14-22(15(2)36(33-14)13-21(29)38)23-19(28)12-30-24(32-23)34-5-7-35(8-6-34)25(39)37-20(3-4-31-37)16-9-17(26)11-18(27)10-16/h4,9-12,20H,3,5-8,13H2,1-2H3,(H2,29,38)/t20-/m0/s1. The number of hydrogen-bond acceptors (Lipinski definition) is 7. The van der Waals surface area contributed by atoms with Crippen molar-refractivity contribution in [1.82, 2.24) is 29.7 Å². The molecule has 2 aliphatic heterocycles. The van der Waals surface area contributed by atoms with E-state index in [0.29, 0.717) is 55.1 Å². The number of aromatic nitrogens is 4. The van der Waals surface area contributed by atoms with Crippen LogP contribution in [0.1, 0.15) is 29.4 Å². The smallest absolute Gasteiger partial charge is 0.341 e. The van der Waals surface area contributed by atoms with E-state index in [-0.39, 0.29) is 24.2 Å². The van der Waals surface area contributed by atoms with Gasteiger partial charge in [-0.15, -0.1) is 0 Å². The van der Waals surface area contributed by atoms with Crippen LogP contribution >= 0.6 is 0 Å². The van der Waals surface area contributed by atoms with E-state index in [0.717, 1.165) is 12.3 Å². The minimum Gasteiger partial charge on any atom is -0.368 e. The van der Waals surface area contributed by atoms with Crippen molar-refractivity contribution in [2.24, 2.45) is 10.8 Å². The van der Waals surface area contributed by atoms with E-state index in [2.05, 4.69) is 20.2 Å². The quantitative estimate of drug-likeness (QED) is 0.529. The van der Waals surface area contributed by atoms with Gasteiger partial charge in [0.2, 0.25) is 11.9 Å². The van der Waals surface area contributed by atoms with Gasteiger partial charge in [0.15, 0.2) is 5.82 Å². The molecule has 3 amide bonds. The lowest BCUT2D eigenvalue weighted by atomic mass is 10.0. The Hall–Kier alpha value is -4.49. The van der Waals surface area contributed by atoms with Crippen molar-refractivity contribution in [2.75, 3.05) is 31.1 Å². The van der Waals surface area contributed by atoms with Crippen LogP contribution in [0.25, 0.3) is 11.3 Å². The summed E-state index contributed by atoms with van der Waals surface area (Å²) in [5.41, 5.74) is 7.17. The Morgan fingerprint density at radius 3 is 2.41 bits per heavy atom. The lowest BCUT2D eigenvalue weighted by Crippen LogP contribution is -2.52. The first-order valence-corrected chi connectivity index (χ1v) is 12.3. The number of aryl methyl sites for hydroxylation is 1.